The maximum atomic E-state index is 11.0. The normalized spacial score (nSPS) is 11.6. The van der Waals surface area contributed by atoms with Gasteiger partial charge in [-0.25, -0.2) is 0 Å². The summed E-state index contributed by atoms with van der Waals surface area (Å²) in [5, 5.41) is 8.70. The van der Waals surface area contributed by atoms with Crippen LogP contribution in [0.3, 0.4) is 0 Å². The number of aliphatic hydroxyl groups excluding tert-OH is 1. The zero-order valence-electron chi connectivity index (χ0n) is 7.77. The van der Waals surface area contributed by atoms with E-state index < -0.39 is 10.1 Å². The van der Waals surface area contributed by atoms with Crippen LogP contribution >= 0.6 is 0 Å². The Bertz CT molecular complexity index is 422. The number of rotatable bonds is 3. The van der Waals surface area contributed by atoms with Gasteiger partial charge < -0.3 is 5.11 Å². The van der Waals surface area contributed by atoms with E-state index in [9.17, 15) is 8.42 Å². The molecule has 0 unspecified atom stereocenters. The molecule has 0 radical (unpaired) electrons. The first kappa shape index (κ1) is 11.2. The highest BCUT2D eigenvalue weighted by atomic mass is 32.2. The lowest BCUT2D eigenvalue weighted by atomic mass is 10.1. The van der Waals surface area contributed by atoms with Crippen molar-refractivity contribution in [2.24, 2.45) is 0 Å². The van der Waals surface area contributed by atoms with Crippen molar-refractivity contribution < 1.29 is 18.1 Å². The van der Waals surface area contributed by atoms with Gasteiger partial charge in [0.05, 0.1) is 4.90 Å². The Kier molecular flexibility index (Phi) is 3.25. The van der Waals surface area contributed by atoms with Gasteiger partial charge in [0.2, 0.25) is 0 Å². The van der Waals surface area contributed by atoms with Crippen LogP contribution < -0.4 is 0 Å². The van der Waals surface area contributed by atoms with Crippen LogP contribution in [0.15, 0.2) is 23.1 Å². The van der Waals surface area contributed by atoms with Gasteiger partial charge in [0, 0.05) is 6.61 Å². The maximum absolute atomic E-state index is 11.0. The van der Waals surface area contributed by atoms with Gasteiger partial charge in [-0.1, -0.05) is 12.1 Å². The molecule has 0 heterocycles. The van der Waals surface area contributed by atoms with Crippen molar-refractivity contribution in [2.45, 2.75) is 18.2 Å². The summed E-state index contributed by atoms with van der Waals surface area (Å²) < 4.78 is 30.8. The average molecular weight is 216 g/mol. The SMILES string of the molecule is Cc1ccc(CCO)c(S(=O)(=O)O)c1. The third-order valence-corrected chi connectivity index (χ3v) is 2.82. The van der Waals surface area contributed by atoms with Crippen LogP contribution in [0.4, 0.5) is 0 Å². The third-order valence-electron chi connectivity index (χ3n) is 1.88. The molecule has 1 aromatic rings. The second-order valence-corrected chi connectivity index (χ2v) is 4.45. The van der Waals surface area contributed by atoms with Gasteiger partial charge >= 0.3 is 0 Å². The minimum Gasteiger partial charge on any atom is -0.396 e. The van der Waals surface area contributed by atoms with E-state index in [1.807, 2.05) is 0 Å². The van der Waals surface area contributed by atoms with Crippen LogP contribution in [0, 0.1) is 6.92 Å². The lowest BCUT2D eigenvalue weighted by Crippen LogP contribution is -2.05. The van der Waals surface area contributed by atoms with Gasteiger partial charge in [-0.3, -0.25) is 4.55 Å². The summed E-state index contributed by atoms with van der Waals surface area (Å²) in [5.41, 5.74) is 1.18. The van der Waals surface area contributed by atoms with Gasteiger partial charge in [-0.15, -0.1) is 0 Å². The van der Waals surface area contributed by atoms with E-state index in [-0.39, 0.29) is 17.9 Å². The standard InChI is InChI=1S/C9H12O4S/c1-7-2-3-8(4-5-10)9(6-7)14(11,12)13/h2-3,6,10H,4-5H2,1H3,(H,11,12,13). The molecule has 0 spiro atoms. The van der Waals surface area contributed by atoms with E-state index >= 15 is 0 Å². The molecule has 0 atom stereocenters. The van der Waals surface area contributed by atoms with E-state index in [4.69, 9.17) is 9.66 Å². The quantitative estimate of drug-likeness (QED) is 0.732. The van der Waals surface area contributed by atoms with Crippen molar-refractivity contribution in [3.63, 3.8) is 0 Å². The number of aliphatic hydroxyl groups is 1. The van der Waals surface area contributed by atoms with Crippen molar-refractivity contribution >= 4 is 10.1 Å². The fraction of sp³-hybridized carbons (Fsp3) is 0.333. The summed E-state index contributed by atoms with van der Waals surface area (Å²) in [5.74, 6) is 0. The van der Waals surface area contributed by atoms with Crippen LogP contribution in [0.5, 0.6) is 0 Å². The molecule has 0 aromatic heterocycles. The fourth-order valence-electron chi connectivity index (χ4n) is 1.23. The molecule has 4 nitrogen and oxygen atoms in total. The summed E-state index contributed by atoms with van der Waals surface area (Å²) in [6.45, 7) is 1.59. The Hall–Kier alpha value is -0.910. The van der Waals surface area contributed by atoms with Crippen molar-refractivity contribution in [3.8, 4) is 0 Å². The second kappa shape index (κ2) is 4.08. The second-order valence-electron chi connectivity index (χ2n) is 3.06. The van der Waals surface area contributed by atoms with E-state index in [2.05, 4.69) is 0 Å². The van der Waals surface area contributed by atoms with E-state index in [0.29, 0.717) is 5.56 Å². The number of hydrogen-bond donors (Lipinski definition) is 2. The number of aryl methyl sites for hydroxylation is 1. The molecule has 0 aliphatic heterocycles. The molecule has 0 amide bonds. The summed E-state index contributed by atoms with van der Waals surface area (Å²) in [4.78, 5) is -0.119. The first-order chi connectivity index (χ1) is 6.45. The Morgan fingerprint density at radius 2 is 2.00 bits per heavy atom. The predicted molar refractivity (Wildman–Crippen MR) is 51.8 cm³/mol. The lowest BCUT2D eigenvalue weighted by Gasteiger charge is -2.06. The molecule has 0 aliphatic rings. The Morgan fingerprint density at radius 3 is 2.50 bits per heavy atom. The largest absolute Gasteiger partial charge is 0.396 e. The van der Waals surface area contributed by atoms with Crippen molar-refractivity contribution in [1.29, 1.82) is 0 Å². The zero-order valence-corrected chi connectivity index (χ0v) is 8.58. The highest BCUT2D eigenvalue weighted by Gasteiger charge is 2.14. The van der Waals surface area contributed by atoms with Gasteiger partial charge in [-0.05, 0) is 30.5 Å². The van der Waals surface area contributed by atoms with Crippen LogP contribution in [-0.2, 0) is 16.5 Å². The first-order valence-electron chi connectivity index (χ1n) is 4.13. The summed E-state index contributed by atoms with van der Waals surface area (Å²) in [6, 6.07) is 4.72. The smallest absolute Gasteiger partial charge is 0.294 e. The molecule has 0 bridgehead atoms. The van der Waals surface area contributed by atoms with Gasteiger partial charge in [0.25, 0.3) is 10.1 Å². The average Bonchev–Trinajstić information content (AvgIpc) is 2.07. The monoisotopic (exact) mass is 216 g/mol. The van der Waals surface area contributed by atoms with Crippen molar-refractivity contribution in [2.75, 3.05) is 6.61 Å². The molecule has 1 aromatic carbocycles. The molecule has 0 aliphatic carbocycles. The van der Waals surface area contributed by atoms with Crippen molar-refractivity contribution in [1.82, 2.24) is 0 Å². The molecule has 2 N–H and O–H groups in total. The number of benzene rings is 1. The molecule has 78 valence electrons. The summed E-state index contributed by atoms with van der Waals surface area (Å²) in [7, 11) is -4.19. The van der Waals surface area contributed by atoms with Crippen LogP contribution in [0.2, 0.25) is 0 Å². The molecule has 5 heteroatoms. The summed E-state index contributed by atoms with van der Waals surface area (Å²) >= 11 is 0. The topological polar surface area (TPSA) is 74.6 Å². The first-order valence-corrected chi connectivity index (χ1v) is 5.57. The Morgan fingerprint density at radius 1 is 1.36 bits per heavy atom. The zero-order chi connectivity index (χ0) is 10.8. The third kappa shape index (κ3) is 2.54. The molecule has 14 heavy (non-hydrogen) atoms. The summed E-state index contributed by atoms with van der Waals surface area (Å²) in [6.07, 6.45) is 0.218. The highest BCUT2D eigenvalue weighted by molar-refractivity contribution is 7.85. The minimum absolute atomic E-state index is 0.119. The molecular formula is C9H12O4S. The number of hydrogen-bond acceptors (Lipinski definition) is 3. The van der Waals surface area contributed by atoms with Gasteiger partial charge in [0.1, 0.15) is 0 Å². The predicted octanol–water partition coefficient (Wildman–Crippen LogP) is 0.777. The maximum Gasteiger partial charge on any atom is 0.294 e. The Balaban J connectivity index is 3.30. The lowest BCUT2D eigenvalue weighted by molar-refractivity contribution is 0.298. The van der Waals surface area contributed by atoms with Gasteiger partial charge in [0.15, 0.2) is 0 Å². The van der Waals surface area contributed by atoms with E-state index in [1.165, 1.54) is 6.07 Å². The van der Waals surface area contributed by atoms with Gasteiger partial charge in [-0.2, -0.15) is 8.42 Å². The highest BCUT2D eigenvalue weighted by Crippen LogP contribution is 2.17. The molecule has 0 saturated heterocycles. The van der Waals surface area contributed by atoms with Crippen LogP contribution in [-0.4, -0.2) is 24.7 Å². The molecule has 0 fully saturated rings. The van der Waals surface area contributed by atoms with Crippen LogP contribution in [0.1, 0.15) is 11.1 Å². The minimum atomic E-state index is -4.19. The molecule has 1 rings (SSSR count). The van der Waals surface area contributed by atoms with Crippen molar-refractivity contribution in [3.05, 3.63) is 29.3 Å². The molecular weight excluding hydrogens is 204 g/mol. The van der Waals surface area contributed by atoms with Crippen LogP contribution in [0.25, 0.3) is 0 Å². The fourth-order valence-corrected chi connectivity index (χ4v) is 2.07. The molecule has 0 saturated carbocycles. The Labute approximate surface area is 82.9 Å². The van der Waals surface area contributed by atoms with E-state index in [0.717, 1.165) is 5.56 Å². The van der Waals surface area contributed by atoms with E-state index in [1.54, 1.807) is 19.1 Å².